The largest absolute Gasteiger partial charge is 0.378 e. The second-order valence-electron chi connectivity index (χ2n) is 12.0. The summed E-state index contributed by atoms with van der Waals surface area (Å²) in [4.78, 5) is 24.1. The van der Waals surface area contributed by atoms with Gasteiger partial charge in [-0.2, -0.15) is 0 Å². The summed E-state index contributed by atoms with van der Waals surface area (Å²) in [5.74, 6) is -0.153. The maximum absolute atomic E-state index is 12.5. The van der Waals surface area contributed by atoms with Crippen molar-refractivity contribution in [3.05, 3.63) is 141 Å². The number of nitrogens with one attached hydrogen (secondary N) is 1. The van der Waals surface area contributed by atoms with Crippen LogP contribution in [0.1, 0.15) is 37.5 Å². The fourth-order valence-corrected chi connectivity index (χ4v) is 8.29. The first-order valence-corrected chi connectivity index (χ1v) is 18.7. The smallest absolute Gasteiger partial charge is 0.222 e. The number of halogens is 2. The Labute approximate surface area is 310 Å². The second kappa shape index (κ2) is 14.8. The number of amidine groups is 1. The lowest BCUT2D eigenvalue weighted by molar-refractivity contribution is -0.117. The van der Waals surface area contributed by atoms with Gasteiger partial charge in [0.15, 0.2) is 5.17 Å². The Morgan fingerprint density at radius 2 is 1.08 bits per heavy atom. The first-order chi connectivity index (χ1) is 23.6. The molecule has 0 aromatic heterocycles. The summed E-state index contributed by atoms with van der Waals surface area (Å²) in [7, 11) is 4.05. The molecular weight excluding hydrogens is 758 g/mol. The van der Waals surface area contributed by atoms with E-state index in [0.29, 0.717) is 5.17 Å². The Morgan fingerprint density at radius 3 is 1.47 bits per heavy atom. The number of fused-ring (bicyclic) bond motifs is 1. The zero-order valence-corrected chi connectivity index (χ0v) is 32.2. The predicted molar refractivity (Wildman–Crippen MR) is 216 cm³/mol. The van der Waals surface area contributed by atoms with E-state index >= 15 is 0 Å². The molecule has 6 rings (SSSR count). The maximum atomic E-state index is 12.5. The van der Waals surface area contributed by atoms with Crippen LogP contribution in [0.5, 0.6) is 0 Å². The molecule has 9 heteroatoms. The van der Waals surface area contributed by atoms with Gasteiger partial charge in [0.05, 0.1) is 5.69 Å². The third-order valence-electron chi connectivity index (χ3n) is 8.71. The number of benzene rings is 5. The Hall–Kier alpha value is -4.05. The van der Waals surface area contributed by atoms with Gasteiger partial charge in [-0.25, -0.2) is 4.99 Å². The van der Waals surface area contributed by atoms with Crippen LogP contribution in [-0.4, -0.2) is 38.3 Å². The number of carbonyl (C=O) groups is 1. The fraction of sp³-hybridized carbons (Fsp3) is 0.200. The molecule has 250 valence electrons. The molecule has 0 saturated heterocycles. The molecule has 5 aromatic carbocycles. The molecule has 0 unspecified atom stereocenters. The van der Waals surface area contributed by atoms with E-state index in [2.05, 4.69) is 181 Å². The normalized spacial score (nSPS) is 13.2. The van der Waals surface area contributed by atoms with E-state index in [1.165, 1.54) is 6.92 Å². The van der Waals surface area contributed by atoms with Gasteiger partial charge in [0.2, 0.25) is 5.91 Å². The van der Waals surface area contributed by atoms with E-state index in [1.807, 2.05) is 14.1 Å². The molecule has 6 nitrogen and oxygen atoms in total. The third kappa shape index (κ3) is 7.16. The van der Waals surface area contributed by atoms with Crippen molar-refractivity contribution in [1.82, 2.24) is 5.32 Å². The number of anilines is 5. The average molecular weight is 798 g/mol. The summed E-state index contributed by atoms with van der Waals surface area (Å²) in [6, 6.07) is 40.9. The number of hydrogen-bond donors (Lipinski definition) is 1. The van der Waals surface area contributed by atoms with Gasteiger partial charge in [-0.1, -0.05) is 74.0 Å². The highest BCUT2D eigenvalue weighted by atomic mass is 79.9. The van der Waals surface area contributed by atoms with Crippen LogP contribution in [0.25, 0.3) is 0 Å². The van der Waals surface area contributed by atoms with Crippen molar-refractivity contribution >= 4 is 88.8 Å². The molecule has 0 spiro atoms. The van der Waals surface area contributed by atoms with E-state index < -0.39 is 4.75 Å². The van der Waals surface area contributed by atoms with E-state index in [-0.39, 0.29) is 5.91 Å². The van der Waals surface area contributed by atoms with Crippen molar-refractivity contribution < 1.29 is 4.79 Å². The van der Waals surface area contributed by atoms with E-state index in [4.69, 9.17) is 4.99 Å². The van der Waals surface area contributed by atoms with E-state index in [1.54, 1.807) is 11.8 Å². The summed E-state index contributed by atoms with van der Waals surface area (Å²) < 4.78 is 1.41. The van der Waals surface area contributed by atoms with Crippen LogP contribution in [0.15, 0.2) is 129 Å². The molecule has 1 heterocycles. The second-order valence-corrected chi connectivity index (χ2v) is 15.0. The van der Waals surface area contributed by atoms with Crippen LogP contribution in [-0.2, 0) is 9.54 Å². The molecule has 5 aromatic rings. The number of thioether (sulfide) groups is 1. The molecular formula is C40H39Br2N5OS. The highest BCUT2D eigenvalue weighted by molar-refractivity contribution is 9.10. The molecule has 1 aliphatic rings. The SMILES string of the molecule is CCN(c1ccc(Br)cc1)c1ccc(C2(c3ccc(N(CC)c4ccc(Br)cc4)cc3)SC(NC(C)=O)=Nc3cc(N(C)C)ccc32)cc1. The van der Waals surface area contributed by atoms with Crippen molar-refractivity contribution in [2.24, 2.45) is 4.99 Å². The molecule has 0 saturated carbocycles. The molecule has 0 atom stereocenters. The molecule has 1 N–H and O–H groups in total. The van der Waals surface area contributed by atoms with Gasteiger partial charge in [-0.3, -0.25) is 4.79 Å². The standard InChI is InChI=1S/C40H39Br2N5OS/c1-6-46(34-20-12-30(41)13-21-34)32-16-8-28(9-17-32)40(29-10-18-33(19-11-29)47(7-2)35-22-14-31(42)15-23-35)37-25-24-36(45(4)5)26-38(37)44-39(49-40)43-27(3)48/h8-26H,6-7H2,1-5H3,(H,43,44,48). The lowest BCUT2D eigenvalue weighted by atomic mass is 9.82. The zero-order chi connectivity index (χ0) is 34.7. The predicted octanol–water partition coefficient (Wildman–Crippen LogP) is 10.8. The molecule has 0 aliphatic carbocycles. The molecule has 1 aliphatic heterocycles. The summed E-state index contributed by atoms with van der Waals surface area (Å²) in [5, 5.41) is 3.60. The fourth-order valence-electron chi connectivity index (χ4n) is 6.34. The Morgan fingerprint density at radius 1 is 0.673 bits per heavy atom. The summed E-state index contributed by atoms with van der Waals surface area (Å²) >= 11 is 8.71. The minimum Gasteiger partial charge on any atom is -0.378 e. The number of carbonyl (C=O) groups excluding carboxylic acids is 1. The molecule has 0 bridgehead atoms. The quantitative estimate of drug-likeness (QED) is 0.161. The van der Waals surface area contributed by atoms with Crippen molar-refractivity contribution in [2.75, 3.05) is 41.9 Å². The molecule has 49 heavy (non-hydrogen) atoms. The average Bonchev–Trinajstić information content (AvgIpc) is 3.10. The van der Waals surface area contributed by atoms with Gasteiger partial charge in [0, 0.05) is 77.1 Å². The summed E-state index contributed by atoms with van der Waals surface area (Å²) in [5.41, 5.74) is 9.59. The Bertz CT molecular complexity index is 1860. The molecule has 0 radical (unpaired) electrons. The van der Waals surface area contributed by atoms with Gasteiger partial charge in [0.25, 0.3) is 0 Å². The Balaban J connectivity index is 1.51. The van der Waals surface area contributed by atoms with E-state index in [0.717, 1.165) is 72.8 Å². The number of hydrogen-bond acceptors (Lipinski definition) is 6. The van der Waals surface area contributed by atoms with Gasteiger partial charge in [-0.05, 0) is 110 Å². The van der Waals surface area contributed by atoms with Crippen LogP contribution in [0.3, 0.4) is 0 Å². The van der Waals surface area contributed by atoms with Gasteiger partial charge < -0.3 is 20.0 Å². The topological polar surface area (TPSA) is 51.2 Å². The lowest BCUT2D eigenvalue weighted by Gasteiger charge is -2.39. The van der Waals surface area contributed by atoms with Crippen LogP contribution in [0.2, 0.25) is 0 Å². The van der Waals surface area contributed by atoms with Crippen LogP contribution in [0.4, 0.5) is 34.1 Å². The highest BCUT2D eigenvalue weighted by Gasteiger charge is 2.43. The van der Waals surface area contributed by atoms with Crippen molar-refractivity contribution in [3.63, 3.8) is 0 Å². The Kier molecular flexibility index (Phi) is 10.5. The van der Waals surface area contributed by atoms with Crippen molar-refractivity contribution in [1.29, 1.82) is 0 Å². The first-order valence-electron chi connectivity index (χ1n) is 16.3. The molecule has 1 amide bonds. The number of aliphatic imine (C=N–C) groups is 1. The molecule has 0 fully saturated rings. The van der Waals surface area contributed by atoms with Gasteiger partial charge >= 0.3 is 0 Å². The number of rotatable bonds is 9. The summed E-state index contributed by atoms with van der Waals surface area (Å²) in [6.45, 7) is 7.51. The van der Waals surface area contributed by atoms with Crippen molar-refractivity contribution in [2.45, 2.75) is 25.5 Å². The van der Waals surface area contributed by atoms with Crippen LogP contribution >= 0.6 is 43.6 Å². The number of amides is 1. The highest BCUT2D eigenvalue weighted by Crippen LogP contribution is 2.55. The van der Waals surface area contributed by atoms with Gasteiger partial charge in [0.1, 0.15) is 4.75 Å². The first kappa shape index (κ1) is 34.8. The van der Waals surface area contributed by atoms with Crippen LogP contribution in [0, 0.1) is 0 Å². The zero-order valence-electron chi connectivity index (χ0n) is 28.2. The third-order valence-corrected chi connectivity index (χ3v) is 11.2. The monoisotopic (exact) mass is 795 g/mol. The maximum Gasteiger partial charge on any atom is 0.222 e. The van der Waals surface area contributed by atoms with E-state index in [9.17, 15) is 4.79 Å². The number of nitrogens with zero attached hydrogens (tertiary/aromatic N) is 4. The minimum absolute atomic E-state index is 0.153. The van der Waals surface area contributed by atoms with Gasteiger partial charge in [-0.15, -0.1) is 0 Å². The van der Waals surface area contributed by atoms with Crippen molar-refractivity contribution in [3.8, 4) is 0 Å². The minimum atomic E-state index is -0.694. The summed E-state index contributed by atoms with van der Waals surface area (Å²) in [6.07, 6.45) is 0. The lowest BCUT2D eigenvalue weighted by Crippen LogP contribution is -2.36. The van der Waals surface area contributed by atoms with Crippen LogP contribution < -0.4 is 20.0 Å².